The number of halogens is 1. The van der Waals surface area contributed by atoms with Crippen LogP contribution >= 0.6 is 11.8 Å². The van der Waals surface area contributed by atoms with Crippen LogP contribution in [0.15, 0.2) is 46.0 Å². The average molecular weight is 304 g/mol. The molecule has 0 saturated carbocycles. The molecule has 2 aromatic carbocycles. The second-order valence-corrected chi connectivity index (χ2v) is 5.39. The Hall–Kier alpha value is -2.21. The Morgan fingerprint density at radius 2 is 2.14 bits per heavy atom. The van der Waals surface area contributed by atoms with Crippen LogP contribution in [0.1, 0.15) is 5.56 Å². The zero-order chi connectivity index (χ0) is 14.8. The van der Waals surface area contributed by atoms with E-state index in [9.17, 15) is 4.39 Å². The Bertz CT molecular complexity index is 788. The molecule has 1 aromatic heterocycles. The highest BCUT2D eigenvalue weighted by Crippen LogP contribution is 2.28. The maximum atomic E-state index is 13.6. The van der Waals surface area contributed by atoms with Crippen molar-refractivity contribution in [2.75, 3.05) is 12.8 Å². The first-order chi connectivity index (χ1) is 10.2. The molecule has 0 aliphatic rings. The van der Waals surface area contributed by atoms with Gasteiger partial charge in [0.15, 0.2) is 17.1 Å². The maximum absolute atomic E-state index is 13.6. The molecule has 0 radical (unpaired) electrons. The van der Waals surface area contributed by atoms with Gasteiger partial charge >= 0.3 is 0 Å². The molecule has 0 unspecified atom stereocenters. The fourth-order valence-electron chi connectivity index (χ4n) is 1.93. The number of nitrogens with zero attached hydrogens (tertiary/aromatic N) is 1. The first kappa shape index (κ1) is 13.8. The number of nitrogens with two attached hydrogens (primary N) is 1. The van der Waals surface area contributed by atoms with Crippen LogP contribution in [-0.2, 0) is 5.75 Å². The minimum Gasteiger partial charge on any atom is -0.494 e. The predicted octanol–water partition coefficient (Wildman–Crippen LogP) is 3.85. The van der Waals surface area contributed by atoms with E-state index in [0.717, 1.165) is 11.1 Å². The second kappa shape index (κ2) is 5.65. The summed E-state index contributed by atoms with van der Waals surface area (Å²) in [4.78, 5) is 4.34. The molecular formula is C15H13FN2O2S. The molecule has 3 aromatic rings. The lowest BCUT2D eigenvalue weighted by atomic mass is 10.2. The molecule has 0 bridgehead atoms. The predicted molar refractivity (Wildman–Crippen MR) is 80.9 cm³/mol. The summed E-state index contributed by atoms with van der Waals surface area (Å²) >= 11 is 1.40. The monoisotopic (exact) mass is 304 g/mol. The summed E-state index contributed by atoms with van der Waals surface area (Å²) in [5.41, 5.74) is 8.59. The Morgan fingerprint density at radius 1 is 1.29 bits per heavy atom. The van der Waals surface area contributed by atoms with Crippen molar-refractivity contribution < 1.29 is 13.5 Å². The molecule has 2 N–H and O–H groups in total. The van der Waals surface area contributed by atoms with Crippen LogP contribution in [0.3, 0.4) is 0 Å². The molecular weight excluding hydrogens is 291 g/mol. The Morgan fingerprint density at radius 3 is 2.90 bits per heavy atom. The number of rotatable bonds is 4. The van der Waals surface area contributed by atoms with Crippen LogP contribution in [0, 0.1) is 5.82 Å². The number of methoxy groups -OCH3 is 1. The van der Waals surface area contributed by atoms with Gasteiger partial charge in [-0.05, 0) is 35.9 Å². The zero-order valence-corrected chi connectivity index (χ0v) is 12.1. The summed E-state index contributed by atoms with van der Waals surface area (Å²) in [7, 11) is 1.44. The Labute approximate surface area is 125 Å². The van der Waals surface area contributed by atoms with Crippen molar-refractivity contribution in [2.24, 2.45) is 0 Å². The van der Waals surface area contributed by atoms with Crippen molar-refractivity contribution in [1.29, 1.82) is 0 Å². The fraction of sp³-hybridized carbons (Fsp3) is 0.133. The number of fused-ring (bicyclic) bond motifs is 1. The number of ether oxygens (including phenoxy) is 1. The minimum atomic E-state index is -0.374. The summed E-state index contributed by atoms with van der Waals surface area (Å²) in [6.07, 6.45) is 0. The van der Waals surface area contributed by atoms with Gasteiger partial charge in [-0.3, -0.25) is 0 Å². The number of nitrogen functional groups attached to an aromatic ring is 1. The molecule has 0 spiro atoms. The Balaban J connectivity index is 1.75. The lowest BCUT2D eigenvalue weighted by Gasteiger charge is -2.03. The lowest BCUT2D eigenvalue weighted by molar-refractivity contribution is 0.386. The number of hydrogen-bond acceptors (Lipinski definition) is 5. The molecule has 0 aliphatic carbocycles. The number of aromatic nitrogens is 1. The van der Waals surface area contributed by atoms with Crippen molar-refractivity contribution in [2.45, 2.75) is 11.0 Å². The van der Waals surface area contributed by atoms with Crippen molar-refractivity contribution >= 4 is 28.5 Å². The number of thioether (sulfide) groups is 1. The number of hydrogen-bond donors (Lipinski definition) is 1. The third kappa shape index (κ3) is 2.95. The molecule has 0 amide bonds. The zero-order valence-electron chi connectivity index (χ0n) is 11.3. The molecule has 108 valence electrons. The second-order valence-electron chi connectivity index (χ2n) is 4.46. The van der Waals surface area contributed by atoms with Crippen LogP contribution in [0.4, 0.5) is 10.1 Å². The van der Waals surface area contributed by atoms with E-state index < -0.39 is 0 Å². The van der Waals surface area contributed by atoms with Crippen molar-refractivity contribution in [3.8, 4) is 5.75 Å². The van der Waals surface area contributed by atoms with Crippen LogP contribution in [0.5, 0.6) is 5.75 Å². The molecule has 3 rings (SSSR count). The first-order valence-corrected chi connectivity index (χ1v) is 7.25. The van der Waals surface area contributed by atoms with E-state index in [4.69, 9.17) is 14.9 Å². The van der Waals surface area contributed by atoms with E-state index in [1.165, 1.54) is 24.9 Å². The fourth-order valence-corrected chi connectivity index (χ4v) is 2.71. The van der Waals surface area contributed by atoms with Crippen molar-refractivity contribution in [3.63, 3.8) is 0 Å². The third-order valence-electron chi connectivity index (χ3n) is 2.97. The molecule has 21 heavy (non-hydrogen) atoms. The summed E-state index contributed by atoms with van der Waals surface area (Å²) in [6, 6.07) is 10.2. The van der Waals surface area contributed by atoms with Gasteiger partial charge in [0.25, 0.3) is 5.22 Å². The highest BCUT2D eigenvalue weighted by atomic mass is 32.2. The standard InChI is InChI=1S/C15H13FN2O2S/c1-19-13-4-2-9(6-11(13)16)8-21-15-18-12-7-10(17)3-5-14(12)20-15/h2-7H,8,17H2,1H3. The smallest absolute Gasteiger partial charge is 0.257 e. The van der Waals surface area contributed by atoms with E-state index >= 15 is 0 Å². The van der Waals surface area contributed by atoms with E-state index in [0.29, 0.717) is 22.2 Å². The lowest BCUT2D eigenvalue weighted by Crippen LogP contribution is -1.90. The van der Waals surface area contributed by atoms with Crippen molar-refractivity contribution in [1.82, 2.24) is 4.98 Å². The largest absolute Gasteiger partial charge is 0.494 e. The van der Waals surface area contributed by atoms with Gasteiger partial charge in [-0.15, -0.1) is 0 Å². The van der Waals surface area contributed by atoms with Gasteiger partial charge in [-0.1, -0.05) is 17.8 Å². The maximum Gasteiger partial charge on any atom is 0.257 e. The van der Waals surface area contributed by atoms with E-state index in [1.807, 2.05) is 6.07 Å². The van der Waals surface area contributed by atoms with Crippen molar-refractivity contribution in [3.05, 3.63) is 47.8 Å². The SMILES string of the molecule is COc1ccc(CSc2nc3cc(N)ccc3o2)cc1F. The molecule has 1 heterocycles. The minimum absolute atomic E-state index is 0.237. The molecule has 0 aliphatic heterocycles. The molecule has 0 fully saturated rings. The van der Waals surface area contributed by atoms with Gasteiger partial charge in [-0.2, -0.15) is 0 Å². The topological polar surface area (TPSA) is 61.3 Å². The van der Waals surface area contributed by atoms with Crippen LogP contribution in [0.2, 0.25) is 0 Å². The summed E-state index contributed by atoms with van der Waals surface area (Å²) in [5, 5.41) is 0.534. The van der Waals surface area contributed by atoms with E-state index in [-0.39, 0.29) is 11.6 Å². The summed E-state index contributed by atoms with van der Waals surface area (Å²) < 4.78 is 24.1. The normalized spacial score (nSPS) is 11.0. The molecule has 6 heteroatoms. The van der Waals surface area contributed by atoms with Gasteiger partial charge in [0.05, 0.1) is 7.11 Å². The number of anilines is 1. The number of oxazole rings is 1. The van der Waals surface area contributed by atoms with Gasteiger partial charge in [0, 0.05) is 11.4 Å². The van der Waals surface area contributed by atoms with Gasteiger partial charge in [0.2, 0.25) is 0 Å². The quantitative estimate of drug-likeness (QED) is 0.586. The molecule has 0 atom stereocenters. The highest BCUT2D eigenvalue weighted by molar-refractivity contribution is 7.98. The summed E-state index contributed by atoms with van der Waals surface area (Å²) in [6.45, 7) is 0. The third-order valence-corrected chi connectivity index (χ3v) is 3.87. The van der Waals surface area contributed by atoms with Crippen LogP contribution < -0.4 is 10.5 Å². The van der Waals surface area contributed by atoms with E-state index in [1.54, 1.807) is 24.3 Å². The molecule has 4 nitrogen and oxygen atoms in total. The van der Waals surface area contributed by atoms with Crippen LogP contribution in [-0.4, -0.2) is 12.1 Å². The number of benzene rings is 2. The van der Waals surface area contributed by atoms with Gasteiger partial charge in [-0.25, -0.2) is 9.37 Å². The average Bonchev–Trinajstić information content (AvgIpc) is 2.87. The van der Waals surface area contributed by atoms with Gasteiger partial charge in [0.1, 0.15) is 5.52 Å². The van der Waals surface area contributed by atoms with E-state index in [2.05, 4.69) is 4.98 Å². The highest BCUT2D eigenvalue weighted by Gasteiger charge is 2.08. The van der Waals surface area contributed by atoms with Crippen LogP contribution in [0.25, 0.3) is 11.1 Å². The Kier molecular flexibility index (Phi) is 3.70. The summed E-state index contributed by atoms with van der Waals surface area (Å²) in [5.74, 6) is 0.422. The van der Waals surface area contributed by atoms with Gasteiger partial charge < -0.3 is 14.9 Å². The molecule has 0 saturated heterocycles. The first-order valence-electron chi connectivity index (χ1n) is 6.27.